The van der Waals surface area contributed by atoms with E-state index in [4.69, 9.17) is 12.2 Å². The Kier molecular flexibility index (Phi) is 7.11. The zero-order valence-corrected chi connectivity index (χ0v) is 21.5. The molecule has 1 aliphatic rings. The van der Waals surface area contributed by atoms with Crippen LogP contribution in [0.15, 0.2) is 95.7 Å². The van der Waals surface area contributed by atoms with E-state index in [1.807, 2.05) is 59.6 Å². The second-order valence-electron chi connectivity index (χ2n) is 8.40. The topological polar surface area (TPSA) is 62.2 Å². The zero-order valence-electron chi connectivity index (χ0n) is 19.1. The van der Waals surface area contributed by atoms with Crippen LogP contribution in [0.3, 0.4) is 0 Å². The van der Waals surface area contributed by atoms with E-state index < -0.39 is 0 Å². The van der Waals surface area contributed by atoms with Gasteiger partial charge in [-0.1, -0.05) is 22.0 Å². The Balaban J connectivity index is 1.43. The standard InChI is InChI=1S/C27H23BrFN5OS/c28-18-6-12-21(13-7-18)33-16-3-5-23(33)26-25(22-4-1-2-15-30-22)32-27(36)34(26)17-14-24(35)31-20-10-8-19(29)9-11-20/h1-13,15-16,25-26H,14,17H2,(H,31,35)(H,32,36)/t25-,26+/m1/s1. The normalized spacial score (nSPS) is 17.2. The minimum Gasteiger partial charge on any atom is -0.352 e. The molecule has 2 atom stereocenters. The summed E-state index contributed by atoms with van der Waals surface area (Å²) < 4.78 is 16.3. The van der Waals surface area contributed by atoms with E-state index in [2.05, 4.69) is 42.2 Å². The van der Waals surface area contributed by atoms with Crippen LogP contribution in [-0.2, 0) is 4.79 Å². The van der Waals surface area contributed by atoms with Crippen LogP contribution >= 0.6 is 28.1 Å². The highest BCUT2D eigenvalue weighted by Crippen LogP contribution is 2.39. The quantitative estimate of drug-likeness (QED) is 0.279. The van der Waals surface area contributed by atoms with Crippen molar-refractivity contribution in [2.45, 2.75) is 18.5 Å². The first-order valence-electron chi connectivity index (χ1n) is 11.5. The molecule has 1 fully saturated rings. The minimum atomic E-state index is -0.348. The number of benzene rings is 2. The third-order valence-electron chi connectivity index (χ3n) is 6.09. The molecule has 1 aliphatic heterocycles. The number of anilines is 1. The monoisotopic (exact) mass is 563 g/mol. The fourth-order valence-corrected chi connectivity index (χ4v) is 5.01. The van der Waals surface area contributed by atoms with Gasteiger partial charge in [0.15, 0.2) is 5.11 Å². The predicted octanol–water partition coefficient (Wildman–Crippen LogP) is 5.78. The lowest BCUT2D eigenvalue weighted by molar-refractivity contribution is -0.116. The summed E-state index contributed by atoms with van der Waals surface area (Å²) in [5.74, 6) is -0.522. The van der Waals surface area contributed by atoms with Gasteiger partial charge in [0, 0.05) is 46.9 Å². The lowest BCUT2D eigenvalue weighted by Gasteiger charge is -2.29. The number of hydrogen-bond acceptors (Lipinski definition) is 3. The van der Waals surface area contributed by atoms with Crippen LogP contribution in [0.2, 0.25) is 0 Å². The van der Waals surface area contributed by atoms with E-state index in [9.17, 15) is 9.18 Å². The van der Waals surface area contributed by atoms with E-state index in [0.29, 0.717) is 17.3 Å². The van der Waals surface area contributed by atoms with E-state index >= 15 is 0 Å². The first kappa shape index (κ1) is 24.1. The number of carbonyl (C=O) groups is 1. The molecule has 0 unspecified atom stereocenters. The third-order valence-corrected chi connectivity index (χ3v) is 6.97. The van der Waals surface area contributed by atoms with Crippen LogP contribution in [0.1, 0.15) is 29.9 Å². The average Bonchev–Trinajstić information content (AvgIpc) is 3.49. The molecular formula is C27H23BrFN5OS. The zero-order chi connectivity index (χ0) is 25.1. The van der Waals surface area contributed by atoms with Crippen molar-refractivity contribution < 1.29 is 9.18 Å². The molecule has 36 heavy (non-hydrogen) atoms. The Morgan fingerprint density at radius 2 is 1.83 bits per heavy atom. The number of rotatable bonds is 7. The molecule has 2 aromatic heterocycles. The maximum absolute atomic E-state index is 13.2. The van der Waals surface area contributed by atoms with Crippen LogP contribution in [0.25, 0.3) is 5.69 Å². The van der Waals surface area contributed by atoms with Crippen LogP contribution in [0, 0.1) is 5.82 Å². The molecule has 0 aliphatic carbocycles. The molecule has 2 N–H and O–H groups in total. The number of carbonyl (C=O) groups excluding carboxylic acids is 1. The Morgan fingerprint density at radius 1 is 1.06 bits per heavy atom. The number of pyridine rings is 1. The minimum absolute atomic E-state index is 0.173. The molecule has 9 heteroatoms. The number of thiocarbonyl (C=S) groups is 1. The SMILES string of the molecule is O=C(CCN1C(=S)N[C@H](c2ccccn2)[C@@H]1c1cccn1-c1ccc(Br)cc1)Nc1ccc(F)cc1. The summed E-state index contributed by atoms with van der Waals surface area (Å²) in [6.07, 6.45) is 4.00. The fraction of sp³-hybridized carbons (Fsp3) is 0.148. The molecule has 0 bridgehead atoms. The summed E-state index contributed by atoms with van der Waals surface area (Å²) >= 11 is 9.24. The van der Waals surface area contributed by atoms with Gasteiger partial charge in [0.25, 0.3) is 0 Å². The van der Waals surface area contributed by atoms with Crippen LogP contribution in [-0.4, -0.2) is 32.0 Å². The van der Waals surface area contributed by atoms with Gasteiger partial charge < -0.3 is 20.1 Å². The van der Waals surface area contributed by atoms with Gasteiger partial charge in [-0.05, 0) is 85.0 Å². The maximum Gasteiger partial charge on any atom is 0.226 e. The van der Waals surface area contributed by atoms with Gasteiger partial charge >= 0.3 is 0 Å². The first-order chi connectivity index (χ1) is 17.5. The highest BCUT2D eigenvalue weighted by atomic mass is 79.9. The van der Waals surface area contributed by atoms with Crippen LogP contribution in [0.4, 0.5) is 10.1 Å². The van der Waals surface area contributed by atoms with Crippen LogP contribution < -0.4 is 10.6 Å². The smallest absolute Gasteiger partial charge is 0.226 e. The van der Waals surface area contributed by atoms with Crippen molar-refractivity contribution in [3.63, 3.8) is 0 Å². The Hall–Kier alpha value is -3.56. The number of amides is 1. The third kappa shape index (κ3) is 5.17. The van der Waals surface area contributed by atoms with Crippen molar-refractivity contribution in [3.8, 4) is 5.69 Å². The molecule has 0 radical (unpaired) electrons. The van der Waals surface area contributed by atoms with E-state index in [-0.39, 0.29) is 30.2 Å². The van der Waals surface area contributed by atoms with Crippen molar-refractivity contribution in [1.82, 2.24) is 19.8 Å². The molecule has 3 heterocycles. The molecule has 0 spiro atoms. The summed E-state index contributed by atoms with van der Waals surface area (Å²) in [5.41, 5.74) is 3.46. The van der Waals surface area contributed by atoms with Crippen molar-refractivity contribution in [1.29, 1.82) is 0 Å². The number of aromatic nitrogens is 2. The molecule has 4 aromatic rings. The fourth-order valence-electron chi connectivity index (χ4n) is 4.42. The number of halogens is 2. The summed E-state index contributed by atoms with van der Waals surface area (Å²) in [5, 5.41) is 6.82. The second-order valence-corrected chi connectivity index (χ2v) is 9.71. The number of nitrogens with zero attached hydrogens (tertiary/aromatic N) is 3. The van der Waals surface area contributed by atoms with Gasteiger partial charge in [0.2, 0.25) is 5.91 Å². The highest BCUT2D eigenvalue weighted by Gasteiger charge is 2.41. The molecule has 6 nitrogen and oxygen atoms in total. The summed E-state index contributed by atoms with van der Waals surface area (Å²) in [4.78, 5) is 19.3. The Bertz CT molecular complexity index is 1360. The molecule has 5 rings (SSSR count). The maximum atomic E-state index is 13.2. The van der Waals surface area contributed by atoms with Gasteiger partial charge in [0.05, 0.1) is 17.8 Å². The Morgan fingerprint density at radius 3 is 2.56 bits per heavy atom. The number of nitrogens with one attached hydrogen (secondary N) is 2. The van der Waals surface area contributed by atoms with Gasteiger partial charge in [-0.25, -0.2) is 4.39 Å². The second kappa shape index (κ2) is 10.6. The molecule has 182 valence electrons. The first-order valence-corrected chi connectivity index (χ1v) is 12.7. The van der Waals surface area contributed by atoms with E-state index in [1.165, 1.54) is 12.1 Å². The molecule has 0 saturated carbocycles. The van der Waals surface area contributed by atoms with E-state index in [0.717, 1.165) is 21.5 Å². The van der Waals surface area contributed by atoms with Gasteiger partial charge in [-0.2, -0.15) is 0 Å². The molecule has 1 amide bonds. The average molecular weight is 564 g/mol. The predicted molar refractivity (Wildman–Crippen MR) is 145 cm³/mol. The Labute approximate surface area is 222 Å². The van der Waals surface area contributed by atoms with E-state index in [1.54, 1.807) is 18.3 Å². The van der Waals surface area contributed by atoms with Crippen molar-refractivity contribution in [2.24, 2.45) is 0 Å². The summed E-state index contributed by atoms with van der Waals surface area (Å²) in [6, 6.07) is 23.3. The number of hydrogen-bond donors (Lipinski definition) is 2. The van der Waals surface area contributed by atoms with Crippen molar-refractivity contribution in [3.05, 3.63) is 113 Å². The van der Waals surface area contributed by atoms with Crippen molar-refractivity contribution >= 4 is 44.9 Å². The molecule has 2 aromatic carbocycles. The van der Waals surface area contributed by atoms with Gasteiger partial charge in [-0.15, -0.1) is 0 Å². The molecular weight excluding hydrogens is 541 g/mol. The lowest BCUT2D eigenvalue weighted by atomic mass is 10.0. The lowest BCUT2D eigenvalue weighted by Crippen LogP contribution is -2.33. The summed E-state index contributed by atoms with van der Waals surface area (Å²) in [6.45, 7) is 0.401. The van der Waals surface area contributed by atoms with Crippen molar-refractivity contribution in [2.75, 3.05) is 11.9 Å². The largest absolute Gasteiger partial charge is 0.352 e. The van der Waals surface area contributed by atoms with Gasteiger partial charge in [-0.3, -0.25) is 9.78 Å². The van der Waals surface area contributed by atoms with Crippen LogP contribution in [0.5, 0.6) is 0 Å². The van der Waals surface area contributed by atoms with Gasteiger partial charge in [0.1, 0.15) is 5.82 Å². The molecule has 1 saturated heterocycles. The highest BCUT2D eigenvalue weighted by molar-refractivity contribution is 9.10. The summed E-state index contributed by atoms with van der Waals surface area (Å²) in [7, 11) is 0.